The fourth-order valence-electron chi connectivity index (χ4n) is 3.04. The number of fused-ring (bicyclic) bond motifs is 1. The number of hydrogen-bond donors (Lipinski definition) is 1. The summed E-state index contributed by atoms with van der Waals surface area (Å²) in [5.74, 6) is -0.339. The van der Waals surface area contributed by atoms with E-state index in [0.717, 1.165) is 5.56 Å². The molecule has 2 amide bonds. The fourth-order valence-corrected chi connectivity index (χ4v) is 3.04. The van der Waals surface area contributed by atoms with Gasteiger partial charge in [0.15, 0.2) is 0 Å². The molecule has 0 aromatic heterocycles. The van der Waals surface area contributed by atoms with E-state index in [4.69, 9.17) is 0 Å². The molecule has 1 aromatic rings. The average Bonchev–Trinajstić information content (AvgIpc) is 2.47. The van der Waals surface area contributed by atoms with Crippen LogP contribution in [-0.4, -0.2) is 46.9 Å². The van der Waals surface area contributed by atoms with Crippen molar-refractivity contribution in [3.63, 3.8) is 0 Å². The maximum Gasteiger partial charge on any atom is 0.242 e. The van der Waals surface area contributed by atoms with Crippen LogP contribution in [0.5, 0.6) is 0 Å². The molecule has 112 valence electrons. The third-order valence-corrected chi connectivity index (χ3v) is 4.20. The molecule has 1 aromatic carbocycles. The van der Waals surface area contributed by atoms with E-state index in [-0.39, 0.29) is 23.8 Å². The van der Waals surface area contributed by atoms with Crippen LogP contribution in [0.3, 0.4) is 0 Å². The quantitative estimate of drug-likeness (QED) is 0.873. The number of piperazine rings is 1. The van der Waals surface area contributed by atoms with E-state index in [1.54, 1.807) is 24.0 Å². The van der Waals surface area contributed by atoms with Crippen LogP contribution >= 0.6 is 0 Å². The number of carbonyl (C=O) groups is 2. The Morgan fingerprint density at radius 1 is 1.29 bits per heavy atom. The molecule has 2 atom stereocenters. The zero-order valence-electron chi connectivity index (χ0n) is 11.9. The van der Waals surface area contributed by atoms with Gasteiger partial charge < -0.3 is 10.2 Å². The van der Waals surface area contributed by atoms with Gasteiger partial charge in [-0.05, 0) is 24.6 Å². The molecule has 0 aliphatic carbocycles. The van der Waals surface area contributed by atoms with E-state index >= 15 is 0 Å². The Hall–Kier alpha value is -1.95. The second-order valence-electron chi connectivity index (χ2n) is 5.55. The number of amides is 2. The van der Waals surface area contributed by atoms with Crippen molar-refractivity contribution >= 4 is 11.8 Å². The maximum absolute atomic E-state index is 13.0. The second kappa shape index (κ2) is 5.44. The lowest BCUT2D eigenvalue weighted by molar-refractivity contribution is -0.159. The van der Waals surface area contributed by atoms with Crippen molar-refractivity contribution in [2.75, 3.05) is 13.1 Å². The van der Waals surface area contributed by atoms with Crippen LogP contribution in [0.2, 0.25) is 0 Å². The van der Waals surface area contributed by atoms with Gasteiger partial charge in [-0.1, -0.05) is 12.1 Å². The highest BCUT2D eigenvalue weighted by Gasteiger charge is 2.42. The Morgan fingerprint density at radius 3 is 2.71 bits per heavy atom. The summed E-state index contributed by atoms with van der Waals surface area (Å²) in [4.78, 5) is 27.7. The van der Waals surface area contributed by atoms with Gasteiger partial charge in [0.2, 0.25) is 11.8 Å². The van der Waals surface area contributed by atoms with Crippen molar-refractivity contribution in [2.45, 2.75) is 32.1 Å². The summed E-state index contributed by atoms with van der Waals surface area (Å²) in [6.45, 7) is 3.48. The molecule has 0 bridgehead atoms. The van der Waals surface area contributed by atoms with Crippen molar-refractivity contribution < 1.29 is 14.0 Å². The van der Waals surface area contributed by atoms with Crippen molar-refractivity contribution in [1.29, 1.82) is 0 Å². The number of benzene rings is 1. The van der Waals surface area contributed by atoms with Gasteiger partial charge in [0.25, 0.3) is 0 Å². The first-order valence-electron chi connectivity index (χ1n) is 7.13. The lowest BCUT2D eigenvalue weighted by Crippen LogP contribution is -2.68. The molecule has 2 aliphatic heterocycles. The molecule has 0 saturated carbocycles. The van der Waals surface area contributed by atoms with Crippen molar-refractivity contribution in [2.24, 2.45) is 0 Å². The van der Waals surface area contributed by atoms with Gasteiger partial charge >= 0.3 is 0 Å². The molecule has 2 fully saturated rings. The third-order valence-electron chi connectivity index (χ3n) is 4.20. The van der Waals surface area contributed by atoms with Crippen LogP contribution < -0.4 is 5.32 Å². The monoisotopic (exact) mass is 291 g/mol. The summed E-state index contributed by atoms with van der Waals surface area (Å²) in [5, 5.41) is 2.84. The third kappa shape index (κ3) is 2.63. The van der Waals surface area contributed by atoms with E-state index in [1.807, 2.05) is 0 Å². The molecule has 0 spiro atoms. The lowest BCUT2D eigenvalue weighted by Gasteiger charge is -2.48. The summed E-state index contributed by atoms with van der Waals surface area (Å²) in [6.07, 6.45) is 0.291. The van der Waals surface area contributed by atoms with Gasteiger partial charge in [0.05, 0.1) is 6.54 Å². The molecule has 6 heteroatoms. The minimum atomic E-state index is -0.438. The van der Waals surface area contributed by atoms with Crippen LogP contribution in [0.4, 0.5) is 4.39 Å². The molecule has 5 nitrogen and oxygen atoms in total. The Balaban J connectivity index is 1.78. The predicted molar refractivity (Wildman–Crippen MR) is 74.5 cm³/mol. The minimum absolute atomic E-state index is 0.0257. The summed E-state index contributed by atoms with van der Waals surface area (Å²) in [6, 6.07) is 5.94. The minimum Gasteiger partial charge on any atom is -0.351 e. The highest BCUT2D eigenvalue weighted by atomic mass is 19.1. The SMILES string of the molecule is CC1C(=O)NCC2N(Cc3ccc(F)cc3)CCC(=O)N12. The summed E-state index contributed by atoms with van der Waals surface area (Å²) in [5.41, 5.74) is 0.996. The second-order valence-corrected chi connectivity index (χ2v) is 5.55. The van der Waals surface area contributed by atoms with Crippen LogP contribution in [0, 0.1) is 5.82 Å². The van der Waals surface area contributed by atoms with E-state index in [2.05, 4.69) is 10.2 Å². The predicted octanol–water partition coefficient (Wildman–Crippen LogP) is 0.704. The van der Waals surface area contributed by atoms with Crippen LogP contribution in [0.25, 0.3) is 0 Å². The Labute approximate surface area is 122 Å². The topological polar surface area (TPSA) is 52.7 Å². The first kappa shape index (κ1) is 14.0. The van der Waals surface area contributed by atoms with Crippen LogP contribution in [-0.2, 0) is 16.1 Å². The standard InChI is InChI=1S/C15H18FN3O2/c1-10-15(21)17-8-13-18(7-6-14(20)19(10)13)9-11-2-4-12(16)5-3-11/h2-5,10,13H,6-9H2,1H3,(H,17,21). The summed E-state index contributed by atoms with van der Waals surface area (Å²) < 4.78 is 13.0. The highest BCUT2D eigenvalue weighted by Crippen LogP contribution is 2.23. The molecule has 1 N–H and O–H groups in total. The van der Waals surface area contributed by atoms with E-state index in [1.165, 1.54) is 12.1 Å². The largest absolute Gasteiger partial charge is 0.351 e. The van der Waals surface area contributed by atoms with E-state index in [0.29, 0.717) is 26.1 Å². The van der Waals surface area contributed by atoms with Gasteiger partial charge in [-0.25, -0.2) is 4.39 Å². The summed E-state index contributed by atoms with van der Waals surface area (Å²) >= 11 is 0. The maximum atomic E-state index is 13.0. The average molecular weight is 291 g/mol. The van der Waals surface area contributed by atoms with Crippen LogP contribution in [0.1, 0.15) is 18.9 Å². The normalized spacial score (nSPS) is 26.5. The molecule has 2 unspecified atom stereocenters. The molecular formula is C15H18FN3O2. The van der Waals surface area contributed by atoms with Gasteiger partial charge in [-0.3, -0.25) is 14.5 Å². The zero-order valence-corrected chi connectivity index (χ0v) is 11.9. The fraction of sp³-hybridized carbons (Fsp3) is 0.467. The van der Waals surface area contributed by atoms with Gasteiger partial charge in [-0.15, -0.1) is 0 Å². The number of carbonyl (C=O) groups excluding carboxylic acids is 2. The molecular weight excluding hydrogens is 273 g/mol. The summed E-state index contributed by atoms with van der Waals surface area (Å²) in [7, 11) is 0. The zero-order chi connectivity index (χ0) is 15.0. The highest BCUT2D eigenvalue weighted by molar-refractivity contribution is 5.89. The van der Waals surface area contributed by atoms with Gasteiger partial charge in [0.1, 0.15) is 18.0 Å². The van der Waals surface area contributed by atoms with Gasteiger partial charge in [0, 0.05) is 19.5 Å². The van der Waals surface area contributed by atoms with Gasteiger partial charge in [-0.2, -0.15) is 0 Å². The molecule has 2 saturated heterocycles. The van der Waals surface area contributed by atoms with Crippen LogP contribution in [0.15, 0.2) is 24.3 Å². The molecule has 2 heterocycles. The van der Waals surface area contributed by atoms with Crippen molar-refractivity contribution in [1.82, 2.24) is 15.1 Å². The van der Waals surface area contributed by atoms with E-state index in [9.17, 15) is 14.0 Å². The Morgan fingerprint density at radius 2 is 2.00 bits per heavy atom. The molecule has 2 aliphatic rings. The first-order valence-corrected chi connectivity index (χ1v) is 7.13. The van der Waals surface area contributed by atoms with E-state index < -0.39 is 6.04 Å². The number of nitrogens with zero attached hydrogens (tertiary/aromatic N) is 2. The molecule has 0 radical (unpaired) electrons. The van der Waals surface area contributed by atoms with Crippen molar-refractivity contribution in [3.05, 3.63) is 35.6 Å². The Bertz CT molecular complexity index is 561. The number of hydrogen-bond acceptors (Lipinski definition) is 3. The molecule has 21 heavy (non-hydrogen) atoms. The first-order chi connectivity index (χ1) is 10.1. The van der Waals surface area contributed by atoms with Crippen molar-refractivity contribution in [3.8, 4) is 0 Å². The lowest BCUT2D eigenvalue weighted by atomic mass is 10.1. The smallest absolute Gasteiger partial charge is 0.242 e. The number of halogens is 1. The number of rotatable bonds is 2. The molecule has 3 rings (SSSR count). The Kier molecular flexibility index (Phi) is 3.63. The number of nitrogens with one attached hydrogen (secondary N) is 1.